The van der Waals surface area contributed by atoms with Crippen molar-refractivity contribution in [3.63, 3.8) is 0 Å². The standard InChI is InChI=1S/C14H29N3O/c1-12(15)8-9-14(18)17(11-10-16(2)3)13-6-4-5-7-13/h12-13H,4-11,15H2,1-3H3. The maximum Gasteiger partial charge on any atom is 0.222 e. The molecular weight excluding hydrogens is 226 g/mol. The fraction of sp³-hybridized carbons (Fsp3) is 0.929. The molecule has 0 saturated heterocycles. The number of likely N-dealkylation sites (N-methyl/N-ethyl adjacent to an activating group) is 1. The van der Waals surface area contributed by atoms with E-state index in [-0.39, 0.29) is 6.04 Å². The Bertz CT molecular complexity index is 247. The van der Waals surface area contributed by atoms with E-state index in [4.69, 9.17) is 5.73 Å². The van der Waals surface area contributed by atoms with Crippen LogP contribution in [0.2, 0.25) is 0 Å². The minimum absolute atomic E-state index is 0.119. The topological polar surface area (TPSA) is 49.6 Å². The Morgan fingerprint density at radius 2 is 1.89 bits per heavy atom. The molecule has 1 saturated carbocycles. The van der Waals surface area contributed by atoms with Gasteiger partial charge in [-0.2, -0.15) is 0 Å². The van der Waals surface area contributed by atoms with Gasteiger partial charge in [0, 0.05) is 31.6 Å². The average molecular weight is 255 g/mol. The summed E-state index contributed by atoms with van der Waals surface area (Å²) in [6.45, 7) is 3.77. The summed E-state index contributed by atoms with van der Waals surface area (Å²) in [5.41, 5.74) is 5.74. The number of hydrogen-bond donors (Lipinski definition) is 1. The van der Waals surface area contributed by atoms with Crippen molar-refractivity contribution in [1.82, 2.24) is 9.80 Å². The summed E-state index contributed by atoms with van der Waals surface area (Å²) in [5, 5.41) is 0. The van der Waals surface area contributed by atoms with Gasteiger partial charge in [0.15, 0.2) is 0 Å². The molecule has 1 aliphatic carbocycles. The van der Waals surface area contributed by atoms with Gasteiger partial charge in [-0.1, -0.05) is 12.8 Å². The third-order valence-corrected chi connectivity index (χ3v) is 3.69. The predicted octanol–water partition coefficient (Wildman–Crippen LogP) is 1.45. The minimum atomic E-state index is 0.119. The smallest absolute Gasteiger partial charge is 0.222 e. The molecule has 0 bridgehead atoms. The maximum absolute atomic E-state index is 12.3. The van der Waals surface area contributed by atoms with Gasteiger partial charge >= 0.3 is 0 Å². The highest BCUT2D eigenvalue weighted by Gasteiger charge is 2.26. The molecule has 1 unspecified atom stereocenters. The lowest BCUT2D eigenvalue weighted by atomic mass is 10.1. The van der Waals surface area contributed by atoms with Crippen LogP contribution in [0, 0.1) is 0 Å². The highest BCUT2D eigenvalue weighted by Crippen LogP contribution is 2.24. The summed E-state index contributed by atoms with van der Waals surface area (Å²) in [6, 6.07) is 0.596. The lowest BCUT2D eigenvalue weighted by Gasteiger charge is -2.30. The second kappa shape index (κ2) is 7.74. The van der Waals surface area contributed by atoms with Crippen LogP contribution in [0.5, 0.6) is 0 Å². The van der Waals surface area contributed by atoms with E-state index in [1.54, 1.807) is 0 Å². The van der Waals surface area contributed by atoms with Gasteiger partial charge in [0.25, 0.3) is 0 Å². The average Bonchev–Trinajstić information content (AvgIpc) is 2.79. The minimum Gasteiger partial charge on any atom is -0.338 e. The Balaban J connectivity index is 2.49. The zero-order valence-electron chi connectivity index (χ0n) is 12.2. The molecule has 0 spiro atoms. The lowest BCUT2D eigenvalue weighted by Crippen LogP contribution is -2.43. The zero-order chi connectivity index (χ0) is 13.5. The summed E-state index contributed by atoms with van der Waals surface area (Å²) in [4.78, 5) is 16.5. The van der Waals surface area contributed by atoms with Crippen LogP contribution in [-0.2, 0) is 4.79 Å². The number of carbonyl (C=O) groups is 1. The highest BCUT2D eigenvalue weighted by molar-refractivity contribution is 5.76. The summed E-state index contributed by atoms with van der Waals surface area (Å²) in [5.74, 6) is 0.293. The van der Waals surface area contributed by atoms with Crippen LogP contribution < -0.4 is 5.73 Å². The third kappa shape index (κ3) is 5.36. The predicted molar refractivity (Wildman–Crippen MR) is 75.4 cm³/mol. The van der Waals surface area contributed by atoms with Gasteiger partial charge in [-0.15, -0.1) is 0 Å². The van der Waals surface area contributed by atoms with Gasteiger partial charge in [0.05, 0.1) is 0 Å². The van der Waals surface area contributed by atoms with Crippen molar-refractivity contribution in [2.75, 3.05) is 27.2 Å². The Kier molecular flexibility index (Phi) is 6.65. The number of nitrogens with zero attached hydrogens (tertiary/aromatic N) is 2. The van der Waals surface area contributed by atoms with E-state index in [0.717, 1.165) is 19.5 Å². The van der Waals surface area contributed by atoms with Crippen molar-refractivity contribution in [2.45, 2.75) is 57.5 Å². The molecule has 1 rings (SSSR count). The van der Waals surface area contributed by atoms with Crippen LogP contribution >= 0.6 is 0 Å². The second-order valence-electron chi connectivity index (χ2n) is 5.84. The van der Waals surface area contributed by atoms with Crippen LogP contribution in [-0.4, -0.2) is 55.0 Å². The molecule has 1 fully saturated rings. The van der Waals surface area contributed by atoms with Gasteiger partial charge in [0.1, 0.15) is 0 Å². The summed E-state index contributed by atoms with van der Waals surface area (Å²) in [7, 11) is 4.11. The molecule has 4 heteroatoms. The van der Waals surface area contributed by atoms with Crippen molar-refractivity contribution in [2.24, 2.45) is 5.73 Å². The fourth-order valence-electron chi connectivity index (χ4n) is 2.53. The van der Waals surface area contributed by atoms with Crippen LogP contribution in [0.25, 0.3) is 0 Å². The Hall–Kier alpha value is -0.610. The number of rotatable bonds is 7. The Morgan fingerprint density at radius 3 is 2.39 bits per heavy atom. The molecule has 1 atom stereocenters. The molecular formula is C14H29N3O. The molecule has 0 aromatic rings. The molecule has 0 aliphatic heterocycles. The molecule has 0 radical (unpaired) electrons. The lowest BCUT2D eigenvalue weighted by molar-refractivity contribution is -0.133. The van der Waals surface area contributed by atoms with Gasteiger partial charge in [-0.25, -0.2) is 0 Å². The molecule has 4 nitrogen and oxygen atoms in total. The van der Waals surface area contributed by atoms with Crippen LogP contribution in [0.1, 0.15) is 45.4 Å². The number of nitrogens with two attached hydrogens (primary N) is 1. The number of hydrogen-bond acceptors (Lipinski definition) is 3. The summed E-state index contributed by atoms with van der Waals surface area (Å²) >= 11 is 0. The fourth-order valence-corrected chi connectivity index (χ4v) is 2.53. The van der Waals surface area contributed by atoms with E-state index >= 15 is 0 Å². The van der Waals surface area contributed by atoms with Gasteiger partial charge in [-0.05, 0) is 40.3 Å². The first-order valence-electron chi connectivity index (χ1n) is 7.20. The molecule has 1 aliphatic rings. The summed E-state index contributed by atoms with van der Waals surface area (Å²) in [6.07, 6.45) is 6.29. The maximum atomic E-state index is 12.3. The van der Waals surface area contributed by atoms with Gasteiger partial charge < -0.3 is 15.5 Å². The van der Waals surface area contributed by atoms with E-state index in [9.17, 15) is 4.79 Å². The van der Waals surface area contributed by atoms with Gasteiger partial charge in [-0.3, -0.25) is 4.79 Å². The number of carbonyl (C=O) groups excluding carboxylic acids is 1. The normalized spacial score (nSPS) is 18.3. The quantitative estimate of drug-likeness (QED) is 0.749. The first-order chi connectivity index (χ1) is 8.50. The molecule has 18 heavy (non-hydrogen) atoms. The van der Waals surface area contributed by atoms with Crippen molar-refractivity contribution >= 4 is 5.91 Å². The second-order valence-corrected chi connectivity index (χ2v) is 5.84. The zero-order valence-corrected chi connectivity index (χ0v) is 12.2. The largest absolute Gasteiger partial charge is 0.338 e. The first-order valence-corrected chi connectivity index (χ1v) is 7.20. The monoisotopic (exact) mass is 255 g/mol. The first kappa shape index (κ1) is 15.4. The molecule has 0 heterocycles. The number of amides is 1. The third-order valence-electron chi connectivity index (χ3n) is 3.69. The van der Waals surface area contributed by atoms with Crippen molar-refractivity contribution in [3.8, 4) is 0 Å². The van der Waals surface area contributed by atoms with E-state index in [1.165, 1.54) is 25.7 Å². The molecule has 106 valence electrons. The molecule has 0 aromatic heterocycles. The molecule has 0 aromatic carbocycles. The van der Waals surface area contributed by atoms with Crippen molar-refractivity contribution < 1.29 is 4.79 Å². The van der Waals surface area contributed by atoms with Gasteiger partial charge in [0.2, 0.25) is 5.91 Å². The highest BCUT2D eigenvalue weighted by atomic mass is 16.2. The SMILES string of the molecule is CC(N)CCC(=O)N(CCN(C)C)C1CCCC1. The van der Waals surface area contributed by atoms with Crippen LogP contribution in [0.15, 0.2) is 0 Å². The Morgan fingerprint density at radius 1 is 1.28 bits per heavy atom. The van der Waals surface area contributed by atoms with E-state index in [0.29, 0.717) is 18.4 Å². The van der Waals surface area contributed by atoms with Crippen molar-refractivity contribution in [3.05, 3.63) is 0 Å². The summed E-state index contributed by atoms with van der Waals surface area (Å²) < 4.78 is 0. The van der Waals surface area contributed by atoms with Crippen molar-refractivity contribution in [1.29, 1.82) is 0 Å². The van der Waals surface area contributed by atoms with Crippen LogP contribution in [0.3, 0.4) is 0 Å². The van der Waals surface area contributed by atoms with E-state index in [1.807, 2.05) is 6.92 Å². The van der Waals surface area contributed by atoms with Crippen LogP contribution in [0.4, 0.5) is 0 Å². The molecule has 2 N–H and O–H groups in total. The Labute approximate surface area is 111 Å². The molecule has 1 amide bonds. The van der Waals surface area contributed by atoms with E-state index in [2.05, 4.69) is 23.9 Å². The van der Waals surface area contributed by atoms with E-state index < -0.39 is 0 Å².